The summed E-state index contributed by atoms with van der Waals surface area (Å²) >= 11 is 0. The third kappa shape index (κ3) is 2.17. The van der Waals surface area contributed by atoms with Crippen LogP contribution in [-0.4, -0.2) is 40.7 Å². The monoisotopic (exact) mass is 276 g/mol. The molecule has 0 aromatic carbocycles. The second-order valence-electron chi connectivity index (χ2n) is 6.71. The van der Waals surface area contributed by atoms with Gasteiger partial charge in [-0.15, -0.1) is 0 Å². The van der Waals surface area contributed by atoms with Gasteiger partial charge in [-0.05, 0) is 52.1 Å². The highest BCUT2D eigenvalue weighted by Crippen LogP contribution is 2.41. The maximum atomic E-state index is 5.54. The highest BCUT2D eigenvalue weighted by molar-refractivity contribution is 5.06. The molecule has 3 fully saturated rings. The van der Waals surface area contributed by atoms with E-state index in [1.54, 1.807) is 0 Å². The van der Waals surface area contributed by atoms with Crippen LogP contribution in [0.2, 0.25) is 0 Å². The predicted octanol–water partition coefficient (Wildman–Crippen LogP) is 2.22. The first-order chi connectivity index (χ1) is 9.81. The molecule has 0 aliphatic carbocycles. The summed E-state index contributed by atoms with van der Waals surface area (Å²) < 4.78 is 5.54. The first-order valence-corrected chi connectivity index (χ1v) is 8.10. The standard InChI is InChI=1S/C15H24N4O/c1-19-11-5-6-12(19)9-10(8-11)14-17-15(20-18-14)13-4-2-3-7-16-13/h10-13,16H,2-9H2,1H3/t10?,11?,12?,13-/m0/s1. The fraction of sp³-hybridized carbons (Fsp3) is 0.867. The Morgan fingerprint density at radius 1 is 1.15 bits per heavy atom. The number of fused-ring (bicyclic) bond motifs is 2. The van der Waals surface area contributed by atoms with E-state index in [-0.39, 0.29) is 6.04 Å². The number of hydrogen-bond donors (Lipinski definition) is 1. The molecule has 0 radical (unpaired) electrons. The lowest BCUT2D eigenvalue weighted by Crippen LogP contribution is -2.39. The van der Waals surface area contributed by atoms with Gasteiger partial charge in [-0.2, -0.15) is 4.98 Å². The van der Waals surface area contributed by atoms with Crippen molar-refractivity contribution in [3.05, 3.63) is 11.7 Å². The van der Waals surface area contributed by atoms with Crippen molar-refractivity contribution in [2.45, 2.75) is 69.0 Å². The second kappa shape index (κ2) is 5.11. The SMILES string of the molecule is CN1C2CCC1CC(c1noc([C@@H]3CCCCN3)n1)C2. The van der Waals surface area contributed by atoms with Gasteiger partial charge in [-0.3, -0.25) is 0 Å². The number of rotatable bonds is 2. The van der Waals surface area contributed by atoms with Crippen molar-refractivity contribution in [1.82, 2.24) is 20.4 Å². The van der Waals surface area contributed by atoms with Crippen molar-refractivity contribution in [1.29, 1.82) is 0 Å². The van der Waals surface area contributed by atoms with Crippen molar-refractivity contribution >= 4 is 0 Å². The summed E-state index contributed by atoms with van der Waals surface area (Å²) in [5.74, 6) is 2.27. The summed E-state index contributed by atoms with van der Waals surface area (Å²) in [4.78, 5) is 7.28. The maximum absolute atomic E-state index is 5.54. The Balaban J connectivity index is 1.48. The summed E-state index contributed by atoms with van der Waals surface area (Å²) in [5, 5.41) is 7.78. The first-order valence-electron chi connectivity index (χ1n) is 8.10. The largest absolute Gasteiger partial charge is 0.338 e. The van der Waals surface area contributed by atoms with Crippen LogP contribution in [0.1, 0.15) is 68.6 Å². The number of hydrogen-bond acceptors (Lipinski definition) is 5. The van der Waals surface area contributed by atoms with Crippen LogP contribution in [0.3, 0.4) is 0 Å². The molecule has 3 atom stereocenters. The Labute approximate surface area is 120 Å². The number of aromatic nitrogens is 2. The fourth-order valence-corrected chi connectivity index (χ4v) is 4.24. The Hall–Kier alpha value is -0.940. The van der Waals surface area contributed by atoms with Crippen LogP contribution in [0.4, 0.5) is 0 Å². The minimum atomic E-state index is 0.285. The van der Waals surface area contributed by atoms with E-state index in [2.05, 4.69) is 22.4 Å². The van der Waals surface area contributed by atoms with Crippen LogP contribution in [0.25, 0.3) is 0 Å². The Kier molecular flexibility index (Phi) is 3.27. The van der Waals surface area contributed by atoms with Gasteiger partial charge in [-0.1, -0.05) is 11.6 Å². The molecule has 5 heteroatoms. The van der Waals surface area contributed by atoms with Crippen molar-refractivity contribution in [2.24, 2.45) is 0 Å². The van der Waals surface area contributed by atoms with Gasteiger partial charge in [-0.25, -0.2) is 0 Å². The summed E-state index contributed by atoms with van der Waals surface area (Å²) in [5.41, 5.74) is 0. The van der Waals surface area contributed by atoms with E-state index < -0.39 is 0 Å². The molecular weight excluding hydrogens is 252 g/mol. The quantitative estimate of drug-likeness (QED) is 0.897. The summed E-state index contributed by atoms with van der Waals surface area (Å²) in [6.45, 7) is 1.07. The summed E-state index contributed by atoms with van der Waals surface area (Å²) in [6.07, 6.45) is 8.72. The van der Waals surface area contributed by atoms with Gasteiger partial charge in [0, 0.05) is 18.0 Å². The van der Waals surface area contributed by atoms with E-state index in [1.165, 1.54) is 38.5 Å². The zero-order valence-electron chi connectivity index (χ0n) is 12.2. The highest BCUT2D eigenvalue weighted by atomic mass is 16.5. The average Bonchev–Trinajstić information content (AvgIpc) is 3.03. The van der Waals surface area contributed by atoms with Gasteiger partial charge in [0.15, 0.2) is 5.82 Å². The van der Waals surface area contributed by atoms with Crippen LogP contribution in [0.15, 0.2) is 4.52 Å². The van der Waals surface area contributed by atoms with E-state index in [0.717, 1.165) is 36.8 Å². The average molecular weight is 276 g/mol. The normalized spacial score (nSPS) is 38.2. The topological polar surface area (TPSA) is 54.2 Å². The molecule has 4 rings (SSSR count). The Bertz CT molecular complexity index is 454. The number of nitrogens with one attached hydrogen (secondary N) is 1. The van der Waals surface area contributed by atoms with Crippen LogP contribution < -0.4 is 5.32 Å². The van der Waals surface area contributed by atoms with E-state index in [9.17, 15) is 0 Å². The lowest BCUT2D eigenvalue weighted by Gasteiger charge is -2.34. The molecule has 3 aliphatic rings. The van der Waals surface area contributed by atoms with Gasteiger partial charge < -0.3 is 14.7 Å². The molecule has 1 N–H and O–H groups in total. The molecular formula is C15H24N4O. The fourth-order valence-electron chi connectivity index (χ4n) is 4.24. The molecule has 3 aliphatic heterocycles. The minimum Gasteiger partial charge on any atom is -0.338 e. The Morgan fingerprint density at radius 3 is 2.65 bits per heavy atom. The molecule has 110 valence electrons. The van der Waals surface area contributed by atoms with Crippen LogP contribution >= 0.6 is 0 Å². The van der Waals surface area contributed by atoms with E-state index in [4.69, 9.17) is 9.51 Å². The van der Waals surface area contributed by atoms with E-state index in [0.29, 0.717) is 5.92 Å². The zero-order chi connectivity index (χ0) is 13.5. The van der Waals surface area contributed by atoms with Gasteiger partial charge in [0.25, 0.3) is 0 Å². The summed E-state index contributed by atoms with van der Waals surface area (Å²) in [7, 11) is 2.27. The van der Waals surface area contributed by atoms with Crippen molar-refractivity contribution in [3.8, 4) is 0 Å². The molecule has 20 heavy (non-hydrogen) atoms. The molecule has 5 nitrogen and oxygen atoms in total. The van der Waals surface area contributed by atoms with E-state index in [1.807, 2.05) is 0 Å². The van der Waals surface area contributed by atoms with Crippen LogP contribution in [0.5, 0.6) is 0 Å². The van der Waals surface area contributed by atoms with Crippen molar-refractivity contribution < 1.29 is 4.52 Å². The third-order valence-corrected chi connectivity index (χ3v) is 5.53. The second-order valence-corrected chi connectivity index (χ2v) is 6.71. The molecule has 2 unspecified atom stereocenters. The van der Waals surface area contributed by atoms with Gasteiger partial charge in [0.1, 0.15) is 0 Å². The van der Waals surface area contributed by atoms with Crippen molar-refractivity contribution in [3.63, 3.8) is 0 Å². The molecule has 0 spiro atoms. The lowest BCUT2D eigenvalue weighted by atomic mass is 9.90. The summed E-state index contributed by atoms with van der Waals surface area (Å²) in [6, 6.07) is 1.75. The Morgan fingerprint density at radius 2 is 1.95 bits per heavy atom. The first kappa shape index (κ1) is 12.8. The highest BCUT2D eigenvalue weighted by Gasteiger charge is 2.40. The van der Waals surface area contributed by atoms with Gasteiger partial charge >= 0.3 is 0 Å². The van der Waals surface area contributed by atoms with Crippen molar-refractivity contribution in [2.75, 3.05) is 13.6 Å². The number of piperidine rings is 2. The predicted molar refractivity (Wildman–Crippen MR) is 75.4 cm³/mol. The molecule has 1 aromatic heterocycles. The van der Waals surface area contributed by atoms with Crippen LogP contribution in [0, 0.1) is 0 Å². The smallest absolute Gasteiger partial charge is 0.243 e. The number of nitrogens with zero attached hydrogens (tertiary/aromatic N) is 3. The molecule has 4 heterocycles. The molecule has 0 saturated carbocycles. The van der Waals surface area contributed by atoms with E-state index >= 15 is 0 Å². The lowest BCUT2D eigenvalue weighted by molar-refractivity contribution is 0.157. The van der Waals surface area contributed by atoms with Gasteiger partial charge in [0.05, 0.1) is 6.04 Å². The molecule has 2 bridgehead atoms. The maximum Gasteiger partial charge on any atom is 0.243 e. The third-order valence-electron chi connectivity index (χ3n) is 5.53. The molecule has 0 amide bonds. The van der Waals surface area contributed by atoms with Gasteiger partial charge in [0.2, 0.25) is 5.89 Å². The molecule has 1 aromatic rings. The van der Waals surface area contributed by atoms with Crippen LogP contribution in [-0.2, 0) is 0 Å². The molecule has 3 saturated heterocycles. The minimum absolute atomic E-state index is 0.285. The zero-order valence-corrected chi connectivity index (χ0v) is 12.2.